The average molecular weight is 499 g/mol. The summed E-state index contributed by atoms with van der Waals surface area (Å²) in [6, 6.07) is 18.1. The zero-order valence-corrected chi connectivity index (χ0v) is 19.5. The number of nitrogens with zero attached hydrogens (tertiary/aromatic N) is 3. The summed E-state index contributed by atoms with van der Waals surface area (Å²) in [6.07, 6.45) is 0. The van der Waals surface area contributed by atoms with Crippen LogP contribution in [0.3, 0.4) is 0 Å². The van der Waals surface area contributed by atoms with Crippen LogP contribution < -0.4 is 0 Å². The first-order chi connectivity index (χ1) is 13.3. The summed E-state index contributed by atoms with van der Waals surface area (Å²) in [6.45, 7) is 8.08. The molecule has 0 radical (unpaired) electrons. The molecule has 142 valence electrons. The van der Waals surface area contributed by atoms with Gasteiger partial charge in [0.2, 0.25) is 0 Å². The lowest BCUT2D eigenvalue weighted by atomic mass is 10.1. The number of aliphatic imine (C=N–C) groups is 2. The molecule has 0 fully saturated rings. The third-order valence-corrected chi connectivity index (χ3v) is 5.40. The summed E-state index contributed by atoms with van der Waals surface area (Å²) >= 11 is 7.02. The van der Waals surface area contributed by atoms with Gasteiger partial charge in [-0.15, -0.1) is 0 Å². The van der Waals surface area contributed by atoms with Crippen molar-refractivity contribution in [2.75, 3.05) is 0 Å². The standard InChI is InChI=1S/C23H21Br2N3/c1-14-8-10-18(24)12-22(14)26-16(3)20-6-5-7-21(28-20)17(4)27-23-13-19(25)11-9-15(23)2/h5-13H,1-4H3. The van der Waals surface area contributed by atoms with E-state index >= 15 is 0 Å². The molecule has 0 aliphatic carbocycles. The lowest BCUT2D eigenvalue weighted by molar-refractivity contribution is 1.23. The molecule has 0 N–H and O–H groups in total. The van der Waals surface area contributed by atoms with Crippen LogP contribution in [0.2, 0.25) is 0 Å². The second-order valence-electron chi connectivity index (χ2n) is 6.66. The molecule has 3 aromatic rings. The van der Waals surface area contributed by atoms with E-state index in [9.17, 15) is 0 Å². The second-order valence-corrected chi connectivity index (χ2v) is 8.50. The van der Waals surface area contributed by atoms with Crippen molar-refractivity contribution >= 4 is 54.7 Å². The van der Waals surface area contributed by atoms with Crippen LogP contribution in [0.5, 0.6) is 0 Å². The Labute approximate surface area is 182 Å². The number of hydrogen-bond acceptors (Lipinski definition) is 3. The molecule has 2 aromatic carbocycles. The van der Waals surface area contributed by atoms with Crippen LogP contribution in [0.15, 0.2) is 73.5 Å². The van der Waals surface area contributed by atoms with Gasteiger partial charge >= 0.3 is 0 Å². The van der Waals surface area contributed by atoms with Gasteiger partial charge in [0.25, 0.3) is 0 Å². The summed E-state index contributed by atoms with van der Waals surface area (Å²) < 4.78 is 2.03. The number of halogens is 2. The predicted octanol–water partition coefficient (Wildman–Crippen LogP) is 7.50. The van der Waals surface area contributed by atoms with E-state index in [0.717, 1.165) is 54.3 Å². The number of pyridine rings is 1. The van der Waals surface area contributed by atoms with Crippen LogP contribution in [0, 0.1) is 13.8 Å². The molecule has 0 saturated carbocycles. The highest BCUT2D eigenvalue weighted by atomic mass is 79.9. The van der Waals surface area contributed by atoms with Gasteiger partial charge < -0.3 is 0 Å². The van der Waals surface area contributed by atoms with Crippen LogP contribution in [0.1, 0.15) is 36.4 Å². The molecule has 0 spiro atoms. The van der Waals surface area contributed by atoms with Crippen LogP contribution in [0.4, 0.5) is 11.4 Å². The SMILES string of the molecule is CC(=Nc1cc(Br)ccc1C)c1cccc(C(C)=Nc2cc(Br)ccc2C)n1. The van der Waals surface area contributed by atoms with Gasteiger partial charge in [0.05, 0.1) is 34.2 Å². The Morgan fingerprint density at radius 2 is 1.14 bits per heavy atom. The van der Waals surface area contributed by atoms with Crippen molar-refractivity contribution in [2.45, 2.75) is 27.7 Å². The molecule has 0 amide bonds. The van der Waals surface area contributed by atoms with Crippen molar-refractivity contribution in [3.8, 4) is 0 Å². The smallest absolute Gasteiger partial charge is 0.0849 e. The molecular weight excluding hydrogens is 478 g/mol. The van der Waals surface area contributed by atoms with Gasteiger partial charge in [0.1, 0.15) is 0 Å². The second kappa shape index (κ2) is 8.93. The minimum absolute atomic E-state index is 0.845. The van der Waals surface area contributed by atoms with Gasteiger partial charge in [-0.3, -0.25) is 9.98 Å². The Bertz CT molecular complexity index is 1000. The Kier molecular flexibility index (Phi) is 6.57. The average Bonchev–Trinajstić information content (AvgIpc) is 2.67. The van der Waals surface area contributed by atoms with Gasteiger partial charge in [0.15, 0.2) is 0 Å². The minimum Gasteiger partial charge on any atom is -0.251 e. The van der Waals surface area contributed by atoms with Crippen LogP contribution >= 0.6 is 31.9 Å². The van der Waals surface area contributed by atoms with Crippen molar-refractivity contribution < 1.29 is 0 Å². The van der Waals surface area contributed by atoms with Gasteiger partial charge in [-0.05, 0) is 75.2 Å². The van der Waals surface area contributed by atoms with Crippen LogP contribution in [0.25, 0.3) is 0 Å². The maximum Gasteiger partial charge on any atom is 0.0849 e. The fraction of sp³-hybridized carbons (Fsp3) is 0.174. The van der Waals surface area contributed by atoms with Gasteiger partial charge in [0, 0.05) is 8.95 Å². The maximum atomic E-state index is 4.78. The summed E-state index contributed by atoms with van der Waals surface area (Å²) in [4.78, 5) is 14.3. The highest BCUT2D eigenvalue weighted by Gasteiger charge is 2.07. The molecule has 3 nitrogen and oxygen atoms in total. The normalized spacial score (nSPS) is 12.4. The number of aryl methyl sites for hydroxylation is 2. The van der Waals surface area contributed by atoms with E-state index in [2.05, 4.69) is 57.8 Å². The number of benzene rings is 2. The van der Waals surface area contributed by atoms with E-state index in [1.165, 1.54) is 0 Å². The Balaban J connectivity index is 1.95. The maximum absolute atomic E-state index is 4.78. The zero-order chi connectivity index (χ0) is 20.3. The fourth-order valence-corrected chi connectivity index (χ4v) is 3.42. The van der Waals surface area contributed by atoms with Crippen molar-refractivity contribution in [2.24, 2.45) is 9.98 Å². The molecule has 1 heterocycles. The molecule has 0 aliphatic heterocycles. The Hall–Kier alpha value is -2.11. The zero-order valence-electron chi connectivity index (χ0n) is 16.3. The highest BCUT2D eigenvalue weighted by molar-refractivity contribution is 9.10. The predicted molar refractivity (Wildman–Crippen MR) is 126 cm³/mol. The van der Waals surface area contributed by atoms with E-state index in [1.54, 1.807) is 0 Å². The molecule has 28 heavy (non-hydrogen) atoms. The monoisotopic (exact) mass is 497 g/mol. The molecule has 0 bridgehead atoms. The molecule has 0 saturated heterocycles. The molecule has 1 aromatic heterocycles. The summed E-state index contributed by atoms with van der Waals surface area (Å²) in [5.41, 5.74) is 7.56. The lowest BCUT2D eigenvalue weighted by Crippen LogP contribution is -2.05. The highest BCUT2D eigenvalue weighted by Crippen LogP contribution is 2.25. The lowest BCUT2D eigenvalue weighted by Gasteiger charge is -2.07. The van der Waals surface area contributed by atoms with E-state index < -0.39 is 0 Å². The van der Waals surface area contributed by atoms with E-state index in [4.69, 9.17) is 15.0 Å². The van der Waals surface area contributed by atoms with Crippen molar-refractivity contribution in [3.05, 3.63) is 86.1 Å². The number of aromatic nitrogens is 1. The van der Waals surface area contributed by atoms with Gasteiger partial charge in [-0.2, -0.15) is 0 Å². The molecule has 0 unspecified atom stereocenters. The van der Waals surface area contributed by atoms with Crippen LogP contribution in [-0.2, 0) is 0 Å². The number of rotatable bonds is 4. The number of hydrogen-bond donors (Lipinski definition) is 0. The molecular formula is C23H21Br2N3. The third-order valence-electron chi connectivity index (χ3n) is 4.41. The first-order valence-electron chi connectivity index (χ1n) is 8.94. The summed E-state index contributed by atoms with van der Waals surface area (Å²) in [5, 5.41) is 0. The van der Waals surface area contributed by atoms with Crippen molar-refractivity contribution in [1.82, 2.24) is 4.98 Å². The van der Waals surface area contributed by atoms with E-state index in [1.807, 2.05) is 56.3 Å². The molecule has 0 atom stereocenters. The van der Waals surface area contributed by atoms with Gasteiger partial charge in [-0.1, -0.05) is 50.1 Å². The van der Waals surface area contributed by atoms with E-state index in [-0.39, 0.29) is 0 Å². The summed E-state index contributed by atoms with van der Waals surface area (Å²) in [7, 11) is 0. The Morgan fingerprint density at radius 3 is 1.57 bits per heavy atom. The van der Waals surface area contributed by atoms with Crippen molar-refractivity contribution in [1.29, 1.82) is 0 Å². The largest absolute Gasteiger partial charge is 0.251 e. The Morgan fingerprint density at radius 1 is 0.714 bits per heavy atom. The van der Waals surface area contributed by atoms with E-state index in [0.29, 0.717) is 0 Å². The minimum atomic E-state index is 0.845. The topological polar surface area (TPSA) is 37.6 Å². The van der Waals surface area contributed by atoms with Crippen LogP contribution in [-0.4, -0.2) is 16.4 Å². The molecule has 5 heteroatoms. The molecule has 0 aliphatic rings. The first kappa shape index (κ1) is 20.6. The first-order valence-corrected chi connectivity index (χ1v) is 10.5. The van der Waals surface area contributed by atoms with Crippen molar-refractivity contribution in [3.63, 3.8) is 0 Å². The third kappa shape index (κ3) is 5.03. The summed E-state index contributed by atoms with van der Waals surface area (Å²) in [5.74, 6) is 0. The quantitative estimate of drug-likeness (QED) is 0.343. The fourth-order valence-electron chi connectivity index (χ4n) is 2.72. The molecule has 3 rings (SSSR count). The van der Waals surface area contributed by atoms with Gasteiger partial charge in [-0.25, -0.2) is 4.98 Å².